The Bertz CT molecular complexity index is 803. The van der Waals surface area contributed by atoms with Crippen molar-refractivity contribution in [2.45, 2.75) is 45.4 Å². The van der Waals surface area contributed by atoms with Crippen molar-refractivity contribution in [3.63, 3.8) is 0 Å². The fourth-order valence-corrected chi connectivity index (χ4v) is 3.76. The second kappa shape index (κ2) is 7.57. The molecule has 1 N–H and O–H groups in total. The van der Waals surface area contributed by atoms with E-state index in [0.717, 1.165) is 12.2 Å². The number of hydrogen-bond acceptors (Lipinski definition) is 1. The molecule has 24 heavy (non-hydrogen) atoms. The first-order valence-corrected chi connectivity index (χ1v) is 8.96. The van der Waals surface area contributed by atoms with Gasteiger partial charge in [0.15, 0.2) is 0 Å². The molecule has 2 aromatic carbocycles. The van der Waals surface area contributed by atoms with Crippen molar-refractivity contribution >= 4 is 10.9 Å². The number of hydrogen-bond donors (Lipinski definition) is 1. The van der Waals surface area contributed by atoms with Gasteiger partial charge in [-0.15, -0.1) is 0 Å². The molecular formula is C22H27NO. The van der Waals surface area contributed by atoms with Crippen LogP contribution in [0.5, 0.6) is 5.75 Å². The summed E-state index contributed by atoms with van der Waals surface area (Å²) in [6.07, 6.45) is 4.90. The smallest absolute Gasteiger partial charge is 0.122 e. The summed E-state index contributed by atoms with van der Waals surface area (Å²) in [5, 5.41) is 1.34. The summed E-state index contributed by atoms with van der Waals surface area (Å²) in [4.78, 5) is 3.56. The molecule has 3 rings (SSSR count). The number of benzene rings is 2. The average Bonchev–Trinajstić information content (AvgIpc) is 2.95. The van der Waals surface area contributed by atoms with Gasteiger partial charge in [0.25, 0.3) is 0 Å². The minimum atomic E-state index is 0.365. The van der Waals surface area contributed by atoms with Crippen LogP contribution in [0.25, 0.3) is 10.9 Å². The highest BCUT2D eigenvalue weighted by Crippen LogP contribution is 2.40. The maximum Gasteiger partial charge on any atom is 0.122 e. The summed E-state index contributed by atoms with van der Waals surface area (Å²) in [5.41, 5.74) is 5.21. The molecule has 1 atom stereocenters. The lowest BCUT2D eigenvalue weighted by Crippen LogP contribution is -2.05. The van der Waals surface area contributed by atoms with E-state index < -0.39 is 0 Å². The standard InChI is InChI=1S/C22H27NO/c1-4-5-6-12-18(17-11-8-10-15-21(17)24-3)22-16(2)23-20-14-9-7-13-19(20)22/h7-11,13-15,18,23H,4-6,12H2,1-3H3. The summed E-state index contributed by atoms with van der Waals surface area (Å²) in [6.45, 7) is 4.45. The Hall–Kier alpha value is -2.22. The third kappa shape index (κ3) is 3.19. The Kier molecular flexibility index (Phi) is 5.24. The molecule has 0 aliphatic carbocycles. The van der Waals surface area contributed by atoms with E-state index in [-0.39, 0.29) is 0 Å². The number of methoxy groups -OCH3 is 1. The van der Waals surface area contributed by atoms with E-state index in [0.29, 0.717) is 5.92 Å². The SMILES string of the molecule is CCCCCC(c1ccccc1OC)c1c(C)[nH]c2ccccc12. The van der Waals surface area contributed by atoms with Crippen molar-refractivity contribution in [3.05, 3.63) is 65.4 Å². The molecule has 0 saturated heterocycles. The maximum absolute atomic E-state index is 5.67. The lowest BCUT2D eigenvalue weighted by molar-refractivity contribution is 0.406. The molecule has 1 unspecified atom stereocenters. The first kappa shape index (κ1) is 16.6. The number of rotatable bonds is 7. The third-order valence-electron chi connectivity index (χ3n) is 4.90. The number of fused-ring (bicyclic) bond motifs is 1. The number of aromatic nitrogens is 1. The van der Waals surface area contributed by atoms with Crippen molar-refractivity contribution in [2.24, 2.45) is 0 Å². The van der Waals surface area contributed by atoms with Crippen molar-refractivity contribution in [2.75, 3.05) is 7.11 Å². The van der Waals surface area contributed by atoms with Gasteiger partial charge in [0.1, 0.15) is 5.75 Å². The zero-order valence-electron chi connectivity index (χ0n) is 14.9. The van der Waals surface area contributed by atoms with Crippen LogP contribution in [-0.2, 0) is 0 Å². The number of unbranched alkanes of at least 4 members (excludes halogenated alkanes) is 2. The van der Waals surface area contributed by atoms with E-state index in [1.54, 1.807) is 7.11 Å². The molecule has 0 aliphatic heterocycles. The molecule has 126 valence electrons. The summed E-state index contributed by atoms with van der Waals surface area (Å²) in [7, 11) is 1.77. The van der Waals surface area contributed by atoms with Crippen molar-refractivity contribution in [3.8, 4) is 5.75 Å². The lowest BCUT2D eigenvalue weighted by Gasteiger charge is -2.21. The van der Waals surface area contributed by atoms with Gasteiger partial charge < -0.3 is 9.72 Å². The van der Waals surface area contributed by atoms with Gasteiger partial charge in [-0.25, -0.2) is 0 Å². The first-order valence-electron chi connectivity index (χ1n) is 8.96. The van der Waals surface area contributed by atoms with E-state index in [1.807, 2.05) is 6.07 Å². The van der Waals surface area contributed by atoms with Crippen LogP contribution >= 0.6 is 0 Å². The molecule has 0 saturated carbocycles. The van der Waals surface area contributed by atoms with Crippen LogP contribution in [0.1, 0.15) is 55.3 Å². The van der Waals surface area contributed by atoms with Crippen LogP contribution in [0.3, 0.4) is 0 Å². The van der Waals surface area contributed by atoms with Gasteiger partial charge in [-0.1, -0.05) is 62.6 Å². The lowest BCUT2D eigenvalue weighted by atomic mass is 9.84. The van der Waals surface area contributed by atoms with Crippen LogP contribution < -0.4 is 4.74 Å². The Morgan fingerprint density at radius 2 is 1.75 bits per heavy atom. The Labute approximate surface area is 144 Å². The number of aromatic amines is 1. The van der Waals surface area contributed by atoms with Crippen LogP contribution in [0.4, 0.5) is 0 Å². The van der Waals surface area contributed by atoms with E-state index in [9.17, 15) is 0 Å². The van der Waals surface area contributed by atoms with Crippen LogP contribution in [0.2, 0.25) is 0 Å². The van der Waals surface area contributed by atoms with Crippen molar-refractivity contribution < 1.29 is 4.74 Å². The molecule has 0 amide bonds. The predicted molar refractivity (Wildman–Crippen MR) is 102 cm³/mol. The van der Waals surface area contributed by atoms with E-state index in [4.69, 9.17) is 4.74 Å². The molecule has 0 aliphatic rings. The second-order valence-corrected chi connectivity index (χ2v) is 6.50. The average molecular weight is 321 g/mol. The fraction of sp³-hybridized carbons (Fsp3) is 0.364. The van der Waals surface area contributed by atoms with Gasteiger partial charge in [0, 0.05) is 28.1 Å². The highest BCUT2D eigenvalue weighted by molar-refractivity contribution is 5.85. The van der Waals surface area contributed by atoms with Crippen LogP contribution in [0, 0.1) is 6.92 Å². The van der Waals surface area contributed by atoms with Gasteiger partial charge in [0.05, 0.1) is 7.11 Å². The van der Waals surface area contributed by atoms with Gasteiger partial charge in [-0.3, -0.25) is 0 Å². The minimum absolute atomic E-state index is 0.365. The molecule has 0 fully saturated rings. The number of H-pyrrole nitrogens is 1. The predicted octanol–water partition coefficient (Wildman–Crippen LogP) is 6.20. The minimum Gasteiger partial charge on any atom is -0.496 e. The number of aryl methyl sites for hydroxylation is 1. The highest BCUT2D eigenvalue weighted by atomic mass is 16.5. The highest BCUT2D eigenvalue weighted by Gasteiger charge is 2.23. The van der Waals surface area contributed by atoms with Crippen LogP contribution in [-0.4, -0.2) is 12.1 Å². The molecule has 2 heteroatoms. The topological polar surface area (TPSA) is 25.0 Å². The maximum atomic E-state index is 5.67. The molecule has 0 bridgehead atoms. The molecule has 0 spiro atoms. The van der Waals surface area contributed by atoms with E-state index >= 15 is 0 Å². The van der Waals surface area contributed by atoms with Gasteiger partial charge in [-0.2, -0.15) is 0 Å². The molecule has 3 aromatic rings. The Morgan fingerprint density at radius 1 is 1.00 bits per heavy atom. The first-order chi connectivity index (χ1) is 11.8. The number of nitrogens with one attached hydrogen (secondary N) is 1. The third-order valence-corrected chi connectivity index (χ3v) is 4.90. The molecule has 1 heterocycles. The molecule has 0 radical (unpaired) electrons. The Morgan fingerprint density at radius 3 is 2.54 bits per heavy atom. The monoisotopic (exact) mass is 321 g/mol. The number of para-hydroxylation sites is 2. The largest absolute Gasteiger partial charge is 0.496 e. The summed E-state index contributed by atoms with van der Waals surface area (Å²) in [6, 6.07) is 17.1. The summed E-state index contributed by atoms with van der Waals surface area (Å²) in [5.74, 6) is 1.35. The zero-order chi connectivity index (χ0) is 16.9. The van der Waals surface area contributed by atoms with Gasteiger partial charge in [-0.05, 0) is 31.0 Å². The normalized spacial score (nSPS) is 12.5. The summed E-state index contributed by atoms with van der Waals surface area (Å²) < 4.78 is 5.67. The van der Waals surface area contributed by atoms with E-state index in [1.165, 1.54) is 47.0 Å². The quantitative estimate of drug-likeness (QED) is 0.515. The van der Waals surface area contributed by atoms with Crippen molar-refractivity contribution in [1.29, 1.82) is 0 Å². The van der Waals surface area contributed by atoms with Crippen molar-refractivity contribution in [1.82, 2.24) is 4.98 Å². The van der Waals surface area contributed by atoms with Gasteiger partial charge >= 0.3 is 0 Å². The number of ether oxygens (including phenoxy) is 1. The van der Waals surface area contributed by atoms with Gasteiger partial charge in [0.2, 0.25) is 0 Å². The summed E-state index contributed by atoms with van der Waals surface area (Å²) >= 11 is 0. The molecule has 2 nitrogen and oxygen atoms in total. The second-order valence-electron chi connectivity index (χ2n) is 6.50. The van der Waals surface area contributed by atoms with Crippen LogP contribution in [0.15, 0.2) is 48.5 Å². The Balaban J connectivity index is 2.11. The fourth-order valence-electron chi connectivity index (χ4n) is 3.76. The zero-order valence-corrected chi connectivity index (χ0v) is 14.9. The van der Waals surface area contributed by atoms with E-state index in [2.05, 4.69) is 61.3 Å². The molecular weight excluding hydrogens is 294 g/mol. The molecule has 1 aromatic heterocycles.